The Morgan fingerprint density at radius 3 is 1.86 bits per heavy atom. The Labute approximate surface area is 224 Å². The zero-order valence-electron chi connectivity index (χ0n) is 23.8. The smallest absolute Gasteiger partial charge is 0.170 e. The maximum atomic E-state index is 13.4. The minimum atomic E-state index is -0.364. The zero-order chi connectivity index (χ0) is 27.8. The van der Waals surface area contributed by atoms with Gasteiger partial charge in [-0.2, -0.15) is 0 Å². The molecule has 0 saturated carbocycles. The minimum absolute atomic E-state index is 0.0316. The number of hydrogen-bond donors (Lipinski definition) is 3. The number of phenols is 2. The first-order chi connectivity index (χ1) is 17.5. The lowest BCUT2D eigenvalue weighted by atomic mass is 9.89. The van der Waals surface area contributed by atoms with E-state index in [1.165, 1.54) is 40.5 Å². The van der Waals surface area contributed by atoms with E-state index in [1.54, 1.807) is 0 Å². The average Bonchev–Trinajstić information content (AvgIpc) is 2.82. The summed E-state index contributed by atoms with van der Waals surface area (Å²) in [4.78, 5) is 13.4. The Morgan fingerprint density at radius 2 is 1.30 bits per heavy atom. The molecule has 0 bridgehead atoms. The van der Waals surface area contributed by atoms with E-state index >= 15 is 0 Å². The monoisotopic (exact) mass is 508 g/mol. The van der Waals surface area contributed by atoms with Gasteiger partial charge in [-0.05, 0) is 111 Å². The molecule has 4 heteroatoms. The highest BCUT2D eigenvalue weighted by Gasteiger charge is 2.21. The summed E-state index contributed by atoms with van der Waals surface area (Å²) in [5.74, 6) is -0.808. The second kappa shape index (κ2) is 17.6. The number of ketones is 1. The van der Waals surface area contributed by atoms with Crippen LogP contribution in [0.4, 0.5) is 0 Å². The third-order valence-corrected chi connectivity index (χ3v) is 6.40. The fourth-order valence-electron chi connectivity index (χ4n) is 4.04. The van der Waals surface area contributed by atoms with Crippen LogP contribution in [-0.2, 0) is 0 Å². The van der Waals surface area contributed by atoms with Crippen LogP contribution >= 0.6 is 0 Å². The molecule has 0 aliphatic carbocycles. The van der Waals surface area contributed by atoms with Crippen molar-refractivity contribution < 1.29 is 20.1 Å². The van der Waals surface area contributed by atoms with Crippen LogP contribution in [0.3, 0.4) is 0 Å². The summed E-state index contributed by atoms with van der Waals surface area (Å²) in [6.07, 6.45) is 17.5. The molecule has 1 aromatic rings. The molecule has 0 aromatic heterocycles. The predicted octanol–water partition coefficient (Wildman–Crippen LogP) is 8.76. The Balaban J connectivity index is 2.94. The van der Waals surface area contributed by atoms with Crippen LogP contribution in [0.2, 0.25) is 0 Å². The van der Waals surface area contributed by atoms with Crippen LogP contribution in [-0.4, -0.2) is 27.7 Å². The van der Waals surface area contributed by atoms with Crippen LogP contribution < -0.4 is 0 Å². The molecule has 0 radical (unpaired) electrons. The molecular formula is C33H48O4. The first-order valence-corrected chi connectivity index (χ1v) is 13.5. The van der Waals surface area contributed by atoms with Crippen LogP contribution in [0.25, 0.3) is 0 Å². The number of rotatable bonds is 16. The lowest BCUT2D eigenvalue weighted by molar-refractivity contribution is 0.0918. The molecule has 0 saturated heterocycles. The van der Waals surface area contributed by atoms with Crippen molar-refractivity contribution in [2.75, 3.05) is 6.61 Å². The van der Waals surface area contributed by atoms with Crippen molar-refractivity contribution in [2.45, 2.75) is 92.9 Å². The standard InChI is InChI=1S/C33H48O4/c1-24(2)10-7-12-26(5)13-9-14-27(6)16-18-29(19-17-28(23-34)15-8-11-25(3)4)33(37)31-21-20-30(35)22-32(31)36/h10-11,13,16-17,20-22,29,34-36H,7-9,12,14-15,18-19,23H2,1-6H3/t29-/m0/s1. The molecule has 0 unspecified atom stereocenters. The van der Waals surface area contributed by atoms with Gasteiger partial charge in [0.1, 0.15) is 11.5 Å². The quantitative estimate of drug-likeness (QED) is 0.154. The van der Waals surface area contributed by atoms with E-state index in [2.05, 4.69) is 65.8 Å². The summed E-state index contributed by atoms with van der Waals surface area (Å²) in [7, 11) is 0. The molecule has 1 atom stereocenters. The molecule has 4 nitrogen and oxygen atoms in total. The number of benzene rings is 1. The highest BCUT2D eigenvalue weighted by Crippen LogP contribution is 2.28. The van der Waals surface area contributed by atoms with E-state index in [0.29, 0.717) is 12.8 Å². The number of Topliss-reactive ketones (excluding diaryl/α,β-unsaturated/α-hetero) is 1. The number of carbonyl (C=O) groups is 1. The van der Waals surface area contributed by atoms with Crippen molar-refractivity contribution in [3.63, 3.8) is 0 Å². The molecule has 204 valence electrons. The summed E-state index contributed by atoms with van der Waals surface area (Å²) in [5, 5.41) is 29.7. The van der Waals surface area contributed by atoms with Crippen LogP contribution in [0.5, 0.6) is 11.5 Å². The fourth-order valence-corrected chi connectivity index (χ4v) is 4.04. The maximum absolute atomic E-state index is 13.4. The Kier molecular flexibility index (Phi) is 15.3. The van der Waals surface area contributed by atoms with Gasteiger partial charge < -0.3 is 15.3 Å². The number of aliphatic hydroxyl groups is 1. The summed E-state index contributed by atoms with van der Waals surface area (Å²) in [6.45, 7) is 12.6. The molecule has 0 fully saturated rings. The molecule has 0 spiro atoms. The number of hydrogen-bond acceptors (Lipinski definition) is 4. The van der Waals surface area contributed by atoms with Crippen molar-refractivity contribution in [3.05, 3.63) is 82.0 Å². The summed E-state index contributed by atoms with van der Waals surface area (Å²) < 4.78 is 0. The highest BCUT2D eigenvalue weighted by molar-refractivity contribution is 6.00. The lowest BCUT2D eigenvalue weighted by Crippen LogP contribution is -2.14. The van der Waals surface area contributed by atoms with Crippen molar-refractivity contribution >= 4 is 5.78 Å². The van der Waals surface area contributed by atoms with E-state index in [4.69, 9.17) is 0 Å². The minimum Gasteiger partial charge on any atom is -0.508 e. The zero-order valence-corrected chi connectivity index (χ0v) is 23.8. The summed E-state index contributed by atoms with van der Waals surface area (Å²) in [6, 6.07) is 4.10. The summed E-state index contributed by atoms with van der Waals surface area (Å²) >= 11 is 0. The molecule has 0 heterocycles. The normalized spacial score (nSPS) is 13.3. The second-order valence-corrected chi connectivity index (χ2v) is 10.5. The molecule has 3 N–H and O–H groups in total. The van der Waals surface area contributed by atoms with Gasteiger partial charge in [-0.1, -0.05) is 52.7 Å². The van der Waals surface area contributed by atoms with E-state index < -0.39 is 0 Å². The van der Waals surface area contributed by atoms with Gasteiger partial charge in [0.15, 0.2) is 5.78 Å². The van der Waals surface area contributed by atoms with E-state index in [-0.39, 0.29) is 35.4 Å². The highest BCUT2D eigenvalue weighted by atomic mass is 16.3. The van der Waals surface area contributed by atoms with Gasteiger partial charge in [-0.3, -0.25) is 4.79 Å². The topological polar surface area (TPSA) is 77.8 Å². The number of aromatic hydroxyl groups is 2. The fraction of sp³-hybridized carbons (Fsp3) is 0.485. The van der Waals surface area contributed by atoms with E-state index in [0.717, 1.165) is 44.1 Å². The maximum Gasteiger partial charge on any atom is 0.170 e. The molecule has 0 aliphatic heterocycles. The van der Waals surface area contributed by atoms with Gasteiger partial charge >= 0.3 is 0 Å². The first kappa shape index (κ1) is 32.2. The van der Waals surface area contributed by atoms with Crippen LogP contribution in [0.1, 0.15) is 103 Å². The summed E-state index contributed by atoms with van der Waals surface area (Å²) in [5.41, 5.74) is 6.36. The van der Waals surface area contributed by atoms with E-state index in [9.17, 15) is 20.1 Å². The van der Waals surface area contributed by atoms with Gasteiger partial charge in [0, 0.05) is 12.0 Å². The van der Waals surface area contributed by atoms with Gasteiger partial charge in [-0.15, -0.1) is 0 Å². The average molecular weight is 509 g/mol. The largest absolute Gasteiger partial charge is 0.508 e. The second-order valence-electron chi connectivity index (χ2n) is 10.5. The third-order valence-electron chi connectivity index (χ3n) is 6.40. The third kappa shape index (κ3) is 13.9. The van der Waals surface area contributed by atoms with Crippen molar-refractivity contribution in [3.8, 4) is 11.5 Å². The van der Waals surface area contributed by atoms with Crippen molar-refractivity contribution in [1.82, 2.24) is 0 Å². The van der Waals surface area contributed by atoms with Crippen LogP contribution in [0, 0.1) is 5.92 Å². The lowest BCUT2D eigenvalue weighted by Gasteiger charge is -2.15. The number of phenolic OH excluding ortho intramolecular Hbond substituents is 2. The Bertz CT molecular complexity index is 1010. The molecular weight excluding hydrogens is 460 g/mol. The molecule has 37 heavy (non-hydrogen) atoms. The SMILES string of the molecule is CC(C)=CCCC(C)=CCCC(C)=CC[C@@H](CC=C(CO)CCC=C(C)C)C(=O)c1ccc(O)cc1O. The molecule has 0 aliphatic rings. The molecule has 1 aromatic carbocycles. The van der Waals surface area contributed by atoms with Gasteiger partial charge in [0.2, 0.25) is 0 Å². The first-order valence-electron chi connectivity index (χ1n) is 13.5. The van der Waals surface area contributed by atoms with Crippen molar-refractivity contribution in [1.29, 1.82) is 0 Å². The predicted molar refractivity (Wildman–Crippen MR) is 156 cm³/mol. The number of aliphatic hydroxyl groups excluding tert-OH is 1. The van der Waals surface area contributed by atoms with Crippen molar-refractivity contribution in [2.24, 2.45) is 5.92 Å². The number of allylic oxidation sites excluding steroid dienone is 9. The Morgan fingerprint density at radius 1 is 0.757 bits per heavy atom. The van der Waals surface area contributed by atoms with E-state index in [1.807, 2.05) is 6.08 Å². The van der Waals surface area contributed by atoms with Gasteiger partial charge in [0.25, 0.3) is 0 Å². The molecule has 0 amide bonds. The van der Waals surface area contributed by atoms with Gasteiger partial charge in [0.05, 0.1) is 12.2 Å². The van der Waals surface area contributed by atoms with Crippen LogP contribution in [0.15, 0.2) is 76.4 Å². The number of carbonyl (C=O) groups excluding carboxylic acids is 1. The van der Waals surface area contributed by atoms with Gasteiger partial charge in [-0.25, -0.2) is 0 Å². The Hall–Kier alpha value is -2.85. The molecule has 1 rings (SSSR count).